The van der Waals surface area contributed by atoms with Crippen molar-refractivity contribution in [3.8, 4) is 5.75 Å². The van der Waals surface area contributed by atoms with E-state index in [1.54, 1.807) is 36.2 Å². The second-order valence-electron chi connectivity index (χ2n) is 3.54. The maximum absolute atomic E-state index is 14.1. The van der Waals surface area contributed by atoms with Crippen LogP contribution in [0.1, 0.15) is 0 Å². The second kappa shape index (κ2) is 5.18. The fourth-order valence-corrected chi connectivity index (χ4v) is 1.70. The molecule has 1 aromatic heterocycles. The molecule has 1 aromatic carbocycles. The summed E-state index contributed by atoms with van der Waals surface area (Å²) in [6.07, 6.45) is 1.51. The fourth-order valence-electron chi connectivity index (χ4n) is 1.55. The lowest BCUT2D eigenvalue weighted by atomic mass is 10.2. The zero-order valence-corrected chi connectivity index (χ0v) is 10.6. The van der Waals surface area contributed by atoms with Gasteiger partial charge in [-0.1, -0.05) is 6.07 Å². The number of aromatic nitrogens is 2. The summed E-state index contributed by atoms with van der Waals surface area (Å²) >= 11 is 5.71. The average Bonchev–Trinajstić information content (AvgIpc) is 2.38. The maximum Gasteiger partial charge on any atom is 0.224 e. The Kier molecular flexibility index (Phi) is 3.62. The van der Waals surface area contributed by atoms with Crippen molar-refractivity contribution >= 4 is 23.1 Å². The van der Waals surface area contributed by atoms with E-state index in [0.29, 0.717) is 11.5 Å². The summed E-state index contributed by atoms with van der Waals surface area (Å²) in [5, 5.41) is 0.114. The maximum atomic E-state index is 14.1. The number of hydrogen-bond donors (Lipinski definition) is 0. The molecule has 0 aliphatic rings. The molecule has 1 heterocycles. The molecule has 94 valence electrons. The van der Waals surface area contributed by atoms with E-state index in [4.69, 9.17) is 16.3 Å². The van der Waals surface area contributed by atoms with E-state index in [2.05, 4.69) is 9.97 Å². The number of rotatable bonds is 3. The zero-order chi connectivity index (χ0) is 13.1. The Morgan fingerprint density at radius 1 is 1.33 bits per heavy atom. The van der Waals surface area contributed by atoms with E-state index < -0.39 is 5.82 Å². The summed E-state index contributed by atoms with van der Waals surface area (Å²) in [7, 11) is 3.11. The van der Waals surface area contributed by atoms with E-state index in [1.165, 1.54) is 13.3 Å². The van der Waals surface area contributed by atoms with E-state index in [9.17, 15) is 4.39 Å². The first-order valence-electron chi connectivity index (χ1n) is 5.18. The minimum atomic E-state index is -0.447. The molecule has 2 aromatic rings. The van der Waals surface area contributed by atoms with Gasteiger partial charge in [-0.15, -0.1) is 0 Å². The summed E-state index contributed by atoms with van der Waals surface area (Å²) < 4.78 is 19.0. The molecular weight excluding hydrogens is 257 g/mol. The van der Waals surface area contributed by atoms with Crippen LogP contribution in [-0.4, -0.2) is 24.1 Å². The Balaban J connectivity index is 2.43. The van der Waals surface area contributed by atoms with Gasteiger partial charge in [0, 0.05) is 13.2 Å². The minimum Gasteiger partial charge on any atom is -0.494 e. The molecule has 2 rings (SSSR count). The van der Waals surface area contributed by atoms with E-state index in [-0.39, 0.29) is 11.0 Å². The molecule has 6 heteroatoms. The van der Waals surface area contributed by atoms with Gasteiger partial charge in [-0.3, -0.25) is 0 Å². The zero-order valence-electron chi connectivity index (χ0n) is 9.89. The van der Waals surface area contributed by atoms with E-state index in [1.807, 2.05) is 0 Å². The molecule has 0 saturated heterocycles. The standard InChI is InChI=1S/C12H11ClFN3O/c1-17(10-6-7-15-12(13)16-10)8-4-3-5-9(18-2)11(8)14/h3-7H,1-2H3. The van der Waals surface area contributed by atoms with Crippen molar-refractivity contribution in [3.63, 3.8) is 0 Å². The Bertz CT molecular complexity index is 565. The highest BCUT2D eigenvalue weighted by atomic mass is 35.5. The van der Waals surface area contributed by atoms with E-state index >= 15 is 0 Å². The van der Waals surface area contributed by atoms with Crippen molar-refractivity contribution in [2.45, 2.75) is 0 Å². The van der Waals surface area contributed by atoms with Crippen LogP contribution in [-0.2, 0) is 0 Å². The number of anilines is 2. The Hall–Kier alpha value is -1.88. The van der Waals surface area contributed by atoms with Gasteiger partial charge in [0.1, 0.15) is 5.82 Å². The Labute approximate surface area is 109 Å². The topological polar surface area (TPSA) is 38.2 Å². The van der Waals surface area contributed by atoms with Crippen molar-refractivity contribution in [1.82, 2.24) is 9.97 Å². The molecule has 0 aliphatic carbocycles. The van der Waals surface area contributed by atoms with Gasteiger partial charge in [0.2, 0.25) is 5.28 Å². The van der Waals surface area contributed by atoms with Gasteiger partial charge < -0.3 is 9.64 Å². The summed E-state index contributed by atoms with van der Waals surface area (Å²) in [4.78, 5) is 9.37. The van der Waals surface area contributed by atoms with Crippen LogP contribution >= 0.6 is 11.6 Å². The number of hydrogen-bond acceptors (Lipinski definition) is 4. The smallest absolute Gasteiger partial charge is 0.224 e. The van der Waals surface area contributed by atoms with Crippen molar-refractivity contribution in [1.29, 1.82) is 0 Å². The second-order valence-corrected chi connectivity index (χ2v) is 3.87. The number of nitrogens with zero attached hydrogens (tertiary/aromatic N) is 3. The Morgan fingerprint density at radius 3 is 2.78 bits per heavy atom. The molecule has 0 saturated carbocycles. The molecule has 4 nitrogen and oxygen atoms in total. The van der Waals surface area contributed by atoms with Crippen molar-refractivity contribution in [3.05, 3.63) is 41.6 Å². The lowest BCUT2D eigenvalue weighted by Crippen LogP contribution is -2.13. The number of ether oxygens (including phenoxy) is 1. The van der Waals surface area contributed by atoms with Crippen LogP contribution in [0.15, 0.2) is 30.5 Å². The van der Waals surface area contributed by atoms with Crippen molar-refractivity contribution in [2.24, 2.45) is 0 Å². The third-order valence-electron chi connectivity index (χ3n) is 2.48. The first kappa shape index (κ1) is 12.6. The third kappa shape index (κ3) is 2.36. The fraction of sp³-hybridized carbons (Fsp3) is 0.167. The molecule has 0 bridgehead atoms. The van der Waals surface area contributed by atoms with E-state index in [0.717, 1.165) is 0 Å². The van der Waals surface area contributed by atoms with Crippen molar-refractivity contribution < 1.29 is 9.13 Å². The molecule has 0 aliphatic heterocycles. The highest BCUT2D eigenvalue weighted by Gasteiger charge is 2.14. The van der Waals surface area contributed by atoms with Crippen LogP contribution in [0.2, 0.25) is 5.28 Å². The molecular formula is C12H11ClFN3O. The van der Waals surface area contributed by atoms with Gasteiger partial charge in [-0.05, 0) is 29.8 Å². The van der Waals surface area contributed by atoms with Crippen LogP contribution < -0.4 is 9.64 Å². The summed E-state index contributed by atoms with van der Waals surface area (Å²) in [5.41, 5.74) is 0.351. The monoisotopic (exact) mass is 267 g/mol. The van der Waals surface area contributed by atoms with Gasteiger partial charge >= 0.3 is 0 Å². The normalized spacial score (nSPS) is 10.2. The highest BCUT2D eigenvalue weighted by molar-refractivity contribution is 6.28. The van der Waals surface area contributed by atoms with Crippen LogP contribution in [0.25, 0.3) is 0 Å². The highest BCUT2D eigenvalue weighted by Crippen LogP contribution is 2.30. The summed E-state index contributed by atoms with van der Waals surface area (Å²) in [6.45, 7) is 0. The SMILES string of the molecule is COc1cccc(N(C)c2ccnc(Cl)n2)c1F. The first-order chi connectivity index (χ1) is 8.63. The van der Waals surface area contributed by atoms with Crippen molar-refractivity contribution in [2.75, 3.05) is 19.1 Å². The molecule has 18 heavy (non-hydrogen) atoms. The summed E-state index contributed by atoms with van der Waals surface area (Å²) in [6, 6.07) is 6.54. The van der Waals surface area contributed by atoms with Gasteiger partial charge in [0.15, 0.2) is 11.6 Å². The minimum absolute atomic E-state index is 0.114. The predicted molar refractivity (Wildman–Crippen MR) is 68.1 cm³/mol. The van der Waals surface area contributed by atoms with Crippen LogP contribution in [0.5, 0.6) is 5.75 Å². The number of halogens is 2. The van der Waals surface area contributed by atoms with Gasteiger partial charge in [0.05, 0.1) is 12.8 Å². The lowest BCUT2D eigenvalue weighted by Gasteiger charge is -2.19. The van der Waals surface area contributed by atoms with Gasteiger partial charge in [0.25, 0.3) is 0 Å². The number of benzene rings is 1. The molecule has 0 N–H and O–H groups in total. The number of methoxy groups -OCH3 is 1. The molecule has 0 amide bonds. The molecule has 0 fully saturated rings. The summed E-state index contributed by atoms with van der Waals surface area (Å²) in [5.74, 6) is 0.235. The molecule has 0 atom stereocenters. The largest absolute Gasteiger partial charge is 0.494 e. The molecule has 0 radical (unpaired) electrons. The average molecular weight is 268 g/mol. The van der Waals surface area contributed by atoms with Gasteiger partial charge in [-0.2, -0.15) is 0 Å². The predicted octanol–water partition coefficient (Wildman–Crippen LogP) is 3.05. The molecule has 0 spiro atoms. The van der Waals surface area contributed by atoms with Crippen LogP contribution in [0.4, 0.5) is 15.9 Å². The quantitative estimate of drug-likeness (QED) is 0.801. The van der Waals surface area contributed by atoms with Crippen LogP contribution in [0.3, 0.4) is 0 Å². The first-order valence-corrected chi connectivity index (χ1v) is 5.56. The molecule has 0 unspecified atom stereocenters. The van der Waals surface area contributed by atoms with Crippen LogP contribution in [0, 0.1) is 5.82 Å². The third-order valence-corrected chi connectivity index (χ3v) is 2.66. The lowest BCUT2D eigenvalue weighted by molar-refractivity contribution is 0.387. The Morgan fingerprint density at radius 2 is 2.11 bits per heavy atom. The van der Waals surface area contributed by atoms with Gasteiger partial charge in [-0.25, -0.2) is 14.4 Å².